The summed E-state index contributed by atoms with van der Waals surface area (Å²) in [6.45, 7) is 6.04. The molecule has 1 rings (SSSR count). The molecule has 0 radical (unpaired) electrons. The van der Waals surface area contributed by atoms with Gasteiger partial charge in [0.25, 0.3) is 0 Å². The Hall–Kier alpha value is -0.220. The molecule has 1 N–H and O–H groups in total. The van der Waals surface area contributed by atoms with Crippen molar-refractivity contribution in [2.45, 2.75) is 26.3 Å². The topological polar surface area (TPSA) is 28.2 Å². The maximum absolute atomic E-state index is 6.02. The second-order valence-corrected chi connectivity index (χ2v) is 5.43. The predicted molar refractivity (Wildman–Crippen MR) is 80.1 cm³/mol. The number of pyridine rings is 1. The van der Waals surface area contributed by atoms with Crippen LogP contribution < -0.4 is 5.32 Å². The highest BCUT2D eigenvalue weighted by Gasteiger charge is 2.09. The highest BCUT2D eigenvalue weighted by Crippen LogP contribution is 2.28. The smallest absolute Gasteiger partial charge is 0.150 e. The molecule has 3 nitrogen and oxygen atoms in total. The van der Waals surface area contributed by atoms with Crippen molar-refractivity contribution in [3.05, 3.63) is 21.3 Å². The lowest BCUT2D eigenvalue weighted by molar-refractivity contribution is 0.261. The van der Waals surface area contributed by atoms with Gasteiger partial charge in [0.05, 0.1) is 10.0 Å². The molecular weight excluding hydrogens is 293 g/mol. The molecule has 0 amide bonds. The summed E-state index contributed by atoms with van der Waals surface area (Å²) in [4.78, 5) is 6.38. The molecule has 0 fully saturated rings. The number of anilines is 1. The number of hydrogen-bond donors (Lipinski definition) is 1. The number of likely N-dealkylation sites (N-methyl/N-ethyl adjacent to an activating group) is 1. The van der Waals surface area contributed by atoms with Crippen LogP contribution in [0.2, 0.25) is 15.2 Å². The Morgan fingerprint density at radius 2 is 2.00 bits per heavy atom. The Balaban J connectivity index is 2.52. The van der Waals surface area contributed by atoms with Crippen LogP contribution >= 0.6 is 34.8 Å². The summed E-state index contributed by atoms with van der Waals surface area (Å²) in [6.07, 6.45) is 1.13. The molecule has 1 heterocycles. The van der Waals surface area contributed by atoms with Crippen molar-refractivity contribution in [2.75, 3.05) is 25.5 Å². The molecule has 18 heavy (non-hydrogen) atoms. The van der Waals surface area contributed by atoms with Crippen molar-refractivity contribution in [1.82, 2.24) is 9.88 Å². The van der Waals surface area contributed by atoms with Crippen LogP contribution in [0.5, 0.6) is 0 Å². The first kappa shape index (κ1) is 15.8. The number of aromatic nitrogens is 1. The van der Waals surface area contributed by atoms with Gasteiger partial charge in [-0.2, -0.15) is 0 Å². The van der Waals surface area contributed by atoms with Crippen molar-refractivity contribution in [1.29, 1.82) is 0 Å². The zero-order valence-corrected chi connectivity index (χ0v) is 13.1. The molecular formula is C12H18Cl3N3. The summed E-state index contributed by atoms with van der Waals surface area (Å²) in [6, 6.07) is 2.16. The van der Waals surface area contributed by atoms with Crippen LogP contribution in [0, 0.1) is 0 Å². The zero-order valence-electron chi connectivity index (χ0n) is 10.8. The van der Waals surface area contributed by atoms with Gasteiger partial charge in [-0.15, -0.1) is 0 Å². The van der Waals surface area contributed by atoms with Gasteiger partial charge < -0.3 is 10.2 Å². The molecule has 1 aromatic rings. The fourth-order valence-electron chi connectivity index (χ4n) is 1.45. The van der Waals surface area contributed by atoms with Crippen LogP contribution in [0.25, 0.3) is 0 Å². The monoisotopic (exact) mass is 309 g/mol. The average Bonchev–Trinajstić information content (AvgIpc) is 2.34. The van der Waals surface area contributed by atoms with Crippen molar-refractivity contribution in [3.8, 4) is 0 Å². The number of hydrogen-bond acceptors (Lipinski definition) is 3. The van der Waals surface area contributed by atoms with E-state index < -0.39 is 0 Å². The number of halogens is 3. The van der Waals surface area contributed by atoms with Gasteiger partial charge >= 0.3 is 0 Å². The molecule has 0 aliphatic heterocycles. The summed E-state index contributed by atoms with van der Waals surface area (Å²) >= 11 is 17.7. The van der Waals surface area contributed by atoms with Crippen molar-refractivity contribution in [2.24, 2.45) is 0 Å². The van der Waals surface area contributed by atoms with Crippen LogP contribution in [-0.4, -0.2) is 36.1 Å². The number of nitrogens with one attached hydrogen (secondary N) is 1. The van der Waals surface area contributed by atoms with Gasteiger partial charge in [-0.25, -0.2) is 4.98 Å². The Morgan fingerprint density at radius 1 is 1.33 bits per heavy atom. The molecule has 0 aliphatic rings. The quantitative estimate of drug-likeness (QED) is 0.799. The van der Waals surface area contributed by atoms with E-state index in [1.807, 2.05) is 0 Å². The maximum Gasteiger partial charge on any atom is 0.150 e. The fraction of sp³-hybridized carbons (Fsp3) is 0.583. The molecule has 102 valence electrons. The lowest BCUT2D eigenvalue weighted by Gasteiger charge is -2.23. The van der Waals surface area contributed by atoms with Gasteiger partial charge in [-0.3, -0.25) is 0 Å². The van der Waals surface area contributed by atoms with Crippen molar-refractivity contribution >= 4 is 40.6 Å². The molecule has 1 atom stereocenters. The SMILES string of the molecule is CCC(C)N(C)CCNc1nc(Cl)c(Cl)cc1Cl. The van der Waals surface area contributed by atoms with E-state index in [0.29, 0.717) is 21.9 Å². The van der Waals surface area contributed by atoms with E-state index in [1.165, 1.54) is 0 Å². The Labute approximate surface area is 123 Å². The van der Waals surface area contributed by atoms with Crippen molar-refractivity contribution in [3.63, 3.8) is 0 Å². The molecule has 6 heteroatoms. The van der Waals surface area contributed by atoms with E-state index >= 15 is 0 Å². The number of rotatable bonds is 6. The summed E-state index contributed by atoms with van der Waals surface area (Å²) in [5.41, 5.74) is 0. The van der Waals surface area contributed by atoms with Gasteiger partial charge in [0.2, 0.25) is 0 Å². The second-order valence-electron chi connectivity index (χ2n) is 4.26. The first-order valence-corrected chi connectivity index (χ1v) is 7.04. The van der Waals surface area contributed by atoms with Crippen LogP contribution in [0.4, 0.5) is 5.82 Å². The molecule has 0 aromatic carbocycles. The van der Waals surface area contributed by atoms with E-state index in [0.717, 1.165) is 19.5 Å². The summed E-state index contributed by atoms with van der Waals surface area (Å²) in [7, 11) is 2.10. The minimum atomic E-state index is 0.263. The van der Waals surface area contributed by atoms with Crippen LogP contribution in [0.15, 0.2) is 6.07 Å². The molecule has 0 saturated carbocycles. The minimum Gasteiger partial charge on any atom is -0.367 e. The zero-order chi connectivity index (χ0) is 13.7. The lowest BCUT2D eigenvalue weighted by Crippen LogP contribution is -2.32. The van der Waals surface area contributed by atoms with E-state index in [2.05, 4.69) is 36.1 Å². The Bertz CT molecular complexity index is 398. The van der Waals surface area contributed by atoms with Gasteiger partial charge in [-0.1, -0.05) is 41.7 Å². The Kier molecular flexibility index (Phi) is 6.50. The first-order chi connectivity index (χ1) is 8.45. The van der Waals surface area contributed by atoms with E-state index in [-0.39, 0.29) is 5.15 Å². The lowest BCUT2D eigenvalue weighted by atomic mass is 10.2. The molecule has 1 unspecified atom stereocenters. The molecule has 0 bridgehead atoms. The third kappa shape index (κ3) is 4.47. The van der Waals surface area contributed by atoms with Crippen molar-refractivity contribution < 1.29 is 0 Å². The molecule has 0 aliphatic carbocycles. The van der Waals surface area contributed by atoms with Gasteiger partial charge in [0.15, 0.2) is 0 Å². The third-order valence-electron chi connectivity index (χ3n) is 2.99. The molecule has 0 saturated heterocycles. The minimum absolute atomic E-state index is 0.263. The van der Waals surface area contributed by atoms with Crippen LogP contribution in [0.3, 0.4) is 0 Å². The molecule has 0 spiro atoms. The predicted octanol–water partition coefficient (Wildman–Crippen LogP) is 4.18. The highest BCUT2D eigenvalue weighted by molar-refractivity contribution is 6.42. The summed E-state index contributed by atoms with van der Waals surface area (Å²) < 4.78 is 0. The Morgan fingerprint density at radius 3 is 2.61 bits per heavy atom. The number of nitrogens with zero attached hydrogens (tertiary/aromatic N) is 2. The van der Waals surface area contributed by atoms with E-state index in [1.54, 1.807) is 6.07 Å². The van der Waals surface area contributed by atoms with Gasteiger partial charge in [-0.05, 0) is 26.5 Å². The van der Waals surface area contributed by atoms with E-state index in [9.17, 15) is 0 Å². The van der Waals surface area contributed by atoms with Gasteiger partial charge in [0, 0.05) is 19.1 Å². The van der Waals surface area contributed by atoms with Crippen LogP contribution in [-0.2, 0) is 0 Å². The summed E-state index contributed by atoms with van der Waals surface area (Å²) in [5.74, 6) is 0.573. The van der Waals surface area contributed by atoms with E-state index in [4.69, 9.17) is 34.8 Å². The van der Waals surface area contributed by atoms with Gasteiger partial charge in [0.1, 0.15) is 11.0 Å². The first-order valence-electron chi connectivity index (χ1n) is 5.91. The fourth-order valence-corrected chi connectivity index (χ4v) is 2.02. The average molecular weight is 311 g/mol. The summed E-state index contributed by atoms with van der Waals surface area (Å²) in [5, 5.41) is 4.27. The standard InChI is InChI=1S/C12H18Cl3N3/c1-4-8(2)18(3)6-5-16-12-10(14)7-9(13)11(15)17-12/h7-8H,4-6H2,1-3H3,(H,16,17). The maximum atomic E-state index is 6.02. The second kappa shape index (κ2) is 7.39. The largest absolute Gasteiger partial charge is 0.367 e. The molecule has 1 aromatic heterocycles. The third-order valence-corrected chi connectivity index (χ3v) is 3.95. The van der Waals surface area contributed by atoms with Crippen LogP contribution in [0.1, 0.15) is 20.3 Å². The normalized spacial score (nSPS) is 12.8. The highest BCUT2D eigenvalue weighted by atomic mass is 35.5.